The second kappa shape index (κ2) is 4.31. The van der Waals surface area contributed by atoms with Crippen molar-refractivity contribution in [3.05, 3.63) is 35.4 Å². The summed E-state index contributed by atoms with van der Waals surface area (Å²) in [5, 5.41) is 14.2. The van der Waals surface area contributed by atoms with Crippen LogP contribution in [0.5, 0.6) is 0 Å². The number of hydrogen-bond acceptors (Lipinski definition) is 4. The number of hydrogen-bond donors (Lipinski definition) is 2. The minimum absolute atomic E-state index is 0.372. The van der Waals surface area contributed by atoms with Crippen molar-refractivity contribution in [1.29, 1.82) is 0 Å². The fourth-order valence-corrected chi connectivity index (χ4v) is 0.953. The fraction of sp³-hybridized carbons (Fsp3) is 0. The van der Waals surface area contributed by atoms with Crippen LogP contribution in [-0.2, 0) is 0 Å². The first-order chi connectivity index (χ1) is 6.70. The molecule has 0 aromatic heterocycles. The highest BCUT2D eigenvalue weighted by Crippen LogP contribution is 2.12. The maximum Gasteiger partial charge on any atom is 0.135 e. The summed E-state index contributed by atoms with van der Waals surface area (Å²) >= 11 is 0. The predicted molar refractivity (Wildman–Crippen MR) is 47.4 cm³/mol. The van der Waals surface area contributed by atoms with Crippen LogP contribution < -0.4 is 5.84 Å². The molecule has 0 aliphatic heterocycles. The van der Waals surface area contributed by atoms with Crippen LogP contribution in [0.1, 0.15) is 5.56 Å². The van der Waals surface area contributed by atoms with Crippen molar-refractivity contribution in [1.82, 2.24) is 0 Å². The molecule has 0 saturated heterocycles. The van der Waals surface area contributed by atoms with Crippen molar-refractivity contribution >= 4 is 11.9 Å². The molecule has 0 amide bonds. The number of halogens is 2. The molecule has 0 heterocycles. The minimum Gasteiger partial charge on any atom is -0.410 e. The molecule has 0 bridgehead atoms. The number of benzene rings is 1. The molecule has 14 heavy (non-hydrogen) atoms. The van der Waals surface area contributed by atoms with E-state index in [9.17, 15) is 8.78 Å². The van der Waals surface area contributed by atoms with E-state index in [0.717, 1.165) is 18.3 Å². The Kier molecular flexibility index (Phi) is 3.11. The van der Waals surface area contributed by atoms with Crippen LogP contribution in [0.25, 0.3) is 0 Å². The zero-order valence-corrected chi connectivity index (χ0v) is 6.98. The van der Waals surface area contributed by atoms with Crippen molar-refractivity contribution in [3.8, 4) is 0 Å². The lowest BCUT2D eigenvalue weighted by Crippen LogP contribution is -2.09. The number of nitrogens with two attached hydrogens (primary N) is 1. The van der Waals surface area contributed by atoms with E-state index in [0.29, 0.717) is 0 Å². The van der Waals surface area contributed by atoms with Crippen molar-refractivity contribution in [2.75, 3.05) is 0 Å². The fourth-order valence-electron chi connectivity index (χ4n) is 0.953. The van der Waals surface area contributed by atoms with Gasteiger partial charge < -0.3 is 11.0 Å². The predicted octanol–water partition coefficient (Wildman–Crippen LogP) is 1.09. The van der Waals surface area contributed by atoms with Crippen LogP contribution in [-0.4, -0.2) is 17.1 Å². The molecule has 3 N–H and O–H groups in total. The SMILES string of the molecule is NN=CC(=NO)c1c(F)cccc1F. The number of hydrazone groups is 1. The number of rotatable bonds is 2. The van der Waals surface area contributed by atoms with E-state index in [1.165, 1.54) is 6.07 Å². The van der Waals surface area contributed by atoms with Gasteiger partial charge in [0.05, 0.1) is 11.8 Å². The Morgan fingerprint density at radius 1 is 1.36 bits per heavy atom. The van der Waals surface area contributed by atoms with Gasteiger partial charge >= 0.3 is 0 Å². The quantitative estimate of drug-likeness (QED) is 0.324. The van der Waals surface area contributed by atoms with E-state index in [4.69, 9.17) is 11.0 Å². The van der Waals surface area contributed by atoms with Crippen LogP contribution >= 0.6 is 0 Å². The third-order valence-electron chi connectivity index (χ3n) is 1.52. The normalized spacial score (nSPS) is 12.3. The van der Waals surface area contributed by atoms with Crippen molar-refractivity contribution < 1.29 is 14.0 Å². The standard InChI is InChI=1S/C8H7F2N3O/c9-5-2-1-3-6(10)8(5)7(13-14)4-12-11/h1-4,14H,11H2. The van der Waals surface area contributed by atoms with Gasteiger partial charge in [-0.3, -0.25) is 0 Å². The van der Waals surface area contributed by atoms with E-state index < -0.39 is 17.2 Å². The van der Waals surface area contributed by atoms with Gasteiger partial charge in [-0.15, -0.1) is 0 Å². The topological polar surface area (TPSA) is 71.0 Å². The first-order valence-corrected chi connectivity index (χ1v) is 3.60. The van der Waals surface area contributed by atoms with Gasteiger partial charge in [-0.25, -0.2) is 8.78 Å². The van der Waals surface area contributed by atoms with Crippen LogP contribution in [0.15, 0.2) is 28.5 Å². The van der Waals surface area contributed by atoms with Crippen molar-refractivity contribution in [2.45, 2.75) is 0 Å². The number of oxime groups is 1. The van der Waals surface area contributed by atoms with Crippen molar-refractivity contribution in [2.24, 2.45) is 16.1 Å². The van der Waals surface area contributed by atoms with Crippen LogP contribution in [0.3, 0.4) is 0 Å². The molecule has 1 aromatic carbocycles. The molecule has 0 radical (unpaired) electrons. The first kappa shape index (κ1) is 10.1. The van der Waals surface area contributed by atoms with Crippen LogP contribution in [0.2, 0.25) is 0 Å². The van der Waals surface area contributed by atoms with Gasteiger partial charge in [-0.05, 0) is 12.1 Å². The molecule has 0 fully saturated rings. The highest BCUT2D eigenvalue weighted by molar-refractivity contribution is 6.38. The van der Waals surface area contributed by atoms with Gasteiger partial charge in [0.1, 0.15) is 17.3 Å². The smallest absolute Gasteiger partial charge is 0.135 e. The van der Waals surface area contributed by atoms with Gasteiger partial charge in [0.2, 0.25) is 0 Å². The van der Waals surface area contributed by atoms with Gasteiger partial charge in [-0.2, -0.15) is 5.10 Å². The van der Waals surface area contributed by atoms with Crippen LogP contribution in [0, 0.1) is 11.6 Å². The summed E-state index contributed by atoms with van der Waals surface area (Å²) in [6.45, 7) is 0. The zero-order chi connectivity index (χ0) is 10.6. The Hall–Kier alpha value is -1.98. The number of nitrogens with zero attached hydrogens (tertiary/aromatic N) is 2. The molecule has 4 nitrogen and oxygen atoms in total. The molecule has 0 unspecified atom stereocenters. The average Bonchev–Trinajstić information content (AvgIpc) is 2.16. The van der Waals surface area contributed by atoms with E-state index in [-0.39, 0.29) is 5.71 Å². The summed E-state index contributed by atoms with van der Waals surface area (Å²) in [5.74, 6) is 3.08. The molecule has 1 aromatic rings. The average molecular weight is 199 g/mol. The second-order valence-electron chi connectivity index (χ2n) is 2.36. The maximum absolute atomic E-state index is 13.1. The lowest BCUT2D eigenvalue weighted by Gasteiger charge is -2.01. The molecule has 0 saturated carbocycles. The van der Waals surface area contributed by atoms with Gasteiger partial charge in [0.15, 0.2) is 0 Å². The monoisotopic (exact) mass is 199 g/mol. The Balaban J connectivity index is 3.30. The highest BCUT2D eigenvalue weighted by atomic mass is 19.1. The Morgan fingerprint density at radius 2 is 1.93 bits per heavy atom. The molecule has 0 atom stereocenters. The minimum atomic E-state index is -0.849. The highest BCUT2D eigenvalue weighted by Gasteiger charge is 2.13. The Morgan fingerprint density at radius 3 is 2.36 bits per heavy atom. The van der Waals surface area contributed by atoms with E-state index in [2.05, 4.69) is 10.3 Å². The molecule has 0 spiro atoms. The zero-order valence-electron chi connectivity index (χ0n) is 6.98. The molecule has 74 valence electrons. The van der Waals surface area contributed by atoms with E-state index >= 15 is 0 Å². The molecular formula is C8H7F2N3O. The molecule has 0 aliphatic carbocycles. The third-order valence-corrected chi connectivity index (χ3v) is 1.52. The molecule has 1 rings (SSSR count). The summed E-state index contributed by atoms with van der Waals surface area (Å²) in [5.41, 5.74) is -0.840. The third kappa shape index (κ3) is 1.85. The summed E-state index contributed by atoms with van der Waals surface area (Å²) < 4.78 is 26.2. The summed E-state index contributed by atoms with van der Waals surface area (Å²) in [4.78, 5) is 0. The summed E-state index contributed by atoms with van der Waals surface area (Å²) in [6.07, 6.45) is 0.849. The Labute approximate surface area is 78.3 Å². The lowest BCUT2D eigenvalue weighted by atomic mass is 10.1. The molecule has 0 aliphatic rings. The van der Waals surface area contributed by atoms with E-state index in [1.54, 1.807) is 0 Å². The maximum atomic E-state index is 13.1. The summed E-state index contributed by atoms with van der Waals surface area (Å²) in [7, 11) is 0. The van der Waals surface area contributed by atoms with E-state index in [1.807, 2.05) is 0 Å². The molecule has 6 heteroatoms. The van der Waals surface area contributed by atoms with Crippen LogP contribution in [0.4, 0.5) is 8.78 Å². The lowest BCUT2D eigenvalue weighted by molar-refractivity contribution is 0.320. The Bertz CT molecular complexity index is 370. The van der Waals surface area contributed by atoms with Gasteiger partial charge in [0, 0.05) is 0 Å². The first-order valence-electron chi connectivity index (χ1n) is 3.60. The van der Waals surface area contributed by atoms with Gasteiger partial charge in [0.25, 0.3) is 0 Å². The van der Waals surface area contributed by atoms with Crippen molar-refractivity contribution in [3.63, 3.8) is 0 Å². The largest absolute Gasteiger partial charge is 0.410 e. The molecular weight excluding hydrogens is 192 g/mol. The van der Waals surface area contributed by atoms with Gasteiger partial charge in [-0.1, -0.05) is 11.2 Å². The summed E-state index contributed by atoms with van der Waals surface area (Å²) in [6, 6.07) is 3.27. The second-order valence-corrected chi connectivity index (χ2v) is 2.36.